The van der Waals surface area contributed by atoms with E-state index in [-0.39, 0.29) is 17.7 Å². The SMILES string of the molecule is CCc1nnc(SC(C)CO)c(C(=N)N)c1CC. The minimum atomic E-state index is 0.00887. The first-order chi connectivity index (χ1) is 8.54. The number of aliphatic hydroxyl groups is 1. The third-order valence-electron chi connectivity index (χ3n) is 2.65. The first-order valence-electron chi connectivity index (χ1n) is 6.05. The van der Waals surface area contributed by atoms with Gasteiger partial charge in [0.2, 0.25) is 0 Å². The van der Waals surface area contributed by atoms with Gasteiger partial charge in [-0.25, -0.2) is 0 Å². The zero-order chi connectivity index (χ0) is 13.7. The van der Waals surface area contributed by atoms with E-state index < -0.39 is 0 Å². The minimum absolute atomic E-state index is 0.00887. The van der Waals surface area contributed by atoms with Gasteiger partial charge in [-0.05, 0) is 18.4 Å². The molecule has 0 radical (unpaired) electrons. The highest BCUT2D eigenvalue weighted by Gasteiger charge is 2.18. The summed E-state index contributed by atoms with van der Waals surface area (Å²) in [6.45, 7) is 5.99. The Morgan fingerprint density at radius 1 is 1.39 bits per heavy atom. The largest absolute Gasteiger partial charge is 0.395 e. The molecule has 4 N–H and O–H groups in total. The summed E-state index contributed by atoms with van der Waals surface area (Å²) >= 11 is 1.40. The van der Waals surface area contributed by atoms with Crippen LogP contribution in [-0.2, 0) is 12.8 Å². The molecule has 0 aliphatic carbocycles. The summed E-state index contributed by atoms with van der Waals surface area (Å²) in [7, 11) is 0. The van der Waals surface area contributed by atoms with Gasteiger partial charge >= 0.3 is 0 Å². The number of hydrogen-bond acceptors (Lipinski definition) is 5. The Labute approximate surface area is 112 Å². The number of amidine groups is 1. The Balaban J connectivity index is 3.30. The van der Waals surface area contributed by atoms with Gasteiger partial charge in [0.05, 0.1) is 17.9 Å². The molecule has 0 amide bonds. The summed E-state index contributed by atoms with van der Waals surface area (Å²) < 4.78 is 0. The fraction of sp³-hybridized carbons (Fsp3) is 0.583. The monoisotopic (exact) mass is 268 g/mol. The molecule has 18 heavy (non-hydrogen) atoms. The van der Waals surface area contributed by atoms with Crippen molar-refractivity contribution in [1.82, 2.24) is 10.2 Å². The van der Waals surface area contributed by atoms with Gasteiger partial charge in [-0.15, -0.1) is 5.10 Å². The van der Waals surface area contributed by atoms with Crippen LogP contribution in [0.5, 0.6) is 0 Å². The van der Waals surface area contributed by atoms with Crippen molar-refractivity contribution in [1.29, 1.82) is 5.41 Å². The third kappa shape index (κ3) is 3.20. The first kappa shape index (κ1) is 14.9. The maximum absolute atomic E-state index is 9.10. The van der Waals surface area contributed by atoms with Crippen LogP contribution in [0.3, 0.4) is 0 Å². The van der Waals surface area contributed by atoms with Gasteiger partial charge in [-0.2, -0.15) is 5.10 Å². The van der Waals surface area contributed by atoms with Crippen LogP contribution in [0.25, 0.3) is 0 Å². The molecule has 1 atom stereocenters. The summed E-state index contributed by atoms with van der Waals surface area (Å²) in [5.74, 6) is 0.0177. The van der Waals surface area contributed by atoms with Crippen molar-refractivity contribution in [3.8, 4) is 0 Å². The molecule has 0 aromatic carbocycles. The Morgan fingerprint density at radius 3 is 2.50 bits per heavy atom. The molecular weight excluding hydrogens is 248 g/mol. The van der Waals surface area contributed by atoms with Crippen molar-refractivity contribution in [2.24, 2.45) is 5.73 Å². The maximum Gasteiger partial charge on any atom is 0.130 e. The Kier molecular flexibility index (Phi) is 5.55. The number of thioether (sulfide) groups is 1. The van der Waals surface area contributed by atoms with Crippen LogP contribution in [0.4, 0.5) is 0 Å². The maximum atomic E-state index is 9.10. The molecule has 1 aromatic rings. The van der Waals surface area contributed by atoms with Crippen LogP contribution in [-0.4, -0.2) is 33.0 Å². The Bertz CT molecular complexity index is 436. The van der Waals surface area contributed by atoms with E-state index in [4.69, 9.17) is 16.2 Å². The average molecular weight is 268 g/mol. The van der Waals surface area contributed by atoms with E-state index in [0.29, 0.717) is 10.6 Å². The van der Waals surface area contributed by atoms with E-state index in [2.05, 4.69) is 10.2 Å². The number of nitrogen functional groups attached to an aromatic ring is 1. The van der Waals surface area contributed by atoms with Gasteiger partial charge in [0.15, 0.2) is 0 Å². The van der Waals surface area contributed by atoms with Crippen molar-refractivity contribution in [3.63, 3.8) is 0 Å². The number of nitrogens with one attached hydrogen (secondary N) is 1. The molecule has 100 valence electrons. The van der Waals surface area contributed by atoms with Crippen molar-refractivity contribution in [2.75, 3.05) is 6.61 Å². The second-order valence-electron chi connectivity index (χ2n) is 4.04. The van der Waals surface area contributed by atoms with Crippen molar-refractivity contribution < 1.29 is 5.11 Å². The number of nitrogens with two attached hydrogens (primary N) is 1. The van der Waals surface area contributed by atoms with Crippen LogP contribution in [0, 0.1) is 5.41 Å². The van der Waals surface area contributed by atoms with Gasteiger partial charge < -0.3 is 10.8 Å². The van der Waals surface area contributed by atoms with E-state index in [1.54, 1.807) is 0 Å². The quantitative estimate of drug-likeness (QED) is 0.411. The fourth-order valence-corrected chi connectivity index (χ4v) is 2.64. The Morgan fingerprint density at radius 2 is 2.06 bits per heavy atom. The molecule has 0 spiro atoms. The van der Waals surface area contributed by atoms with Crippen LogP contribution < -0.4 is 5.73 Å². The molecule has 1 rings (SSSR count). The van der Waals surface area contributed by atoms with Crippen LogP contribution in [0.2, 0.25) is 0 Å². The van der Waals surface area contributed by atoms with Gasteiger partial charge in [0.25, 0.3) is 0 Å². The molecule has 0 aliphatic heterocycles. The van der Waals surface area contributed by atoms with Crippen molar-refractivity contribution >= 4 is 17.6 Å². The van der Waals surface area contributed by atoms with Gasteiger partial charge in [0, 0.05) is 5.25 Å². The summed E-state index contributed by atoms with van der Waals surface area (Å²) in [5.41, 5.74) is 8.23. The lowest BCUT2D eigenvalue weighted by Crippen LogP contribution is -2.19. The normalized spacial score (nSPS) is 12.4. The predicted molar refractivity (Wildman–Crippen MR) is 74.2 cm³/mol. The van der Waals surface area contributed by atoms with E-state index in [1.165, 1.54) is 11.8 Å². The predicted octanol–water partition coefficient (Wildman–Crippen LogP) is 1.36. The van der Waals surface area contributed by atoms with Crippen molar-refractivity contribution in [2.45, 2.75) is 43.9 Å². The lowest BCUT2D eigenvalue weighted by atomic mass is 10.0. The molecule has 5 nitrogen and oxygen atoms in total. The second-order valence-corrected chi connectivity index (χ2v) is 5.46. The topological polar surface area (TPSA) is 95.9 Å². The molecule has 6 heteroatoms. The smallest absolute Gasteiger partial charge is 0.130 e. The lowest BCUT2D eigenvalue weighted by molar-refractivity contribution is 0.300. The van der Waals surface area contributed by atoms with E-state index in [9.17, 15) is 0 Å². The molecule has 0 saturated carbocycles. The highest BCUT2D eigenvalue weighted by atomic mass is 32.2. The number of nitrogens with zero attached hydrogens (tertiary/aromatic N) is 2. The number of aryl methyl sites for hydroxylation is 1. The zero-order valence-electron chi connectivity index (χ0n) is 11.0. The average Bonchev–Trinajstić information content (AvgIpc) is 2.37. The summed E-state index contributed by atoms with van der Waals surface area (Å²) in [6.07, 6.45) is 1.55. The molecule has 1 unspecified atom stereocenters. The number of rotatable bonds is 6. The summed E-state index contributed by atoms with van der Waals surface area (Å²) in [6, 6.07) is 0. The zero-order valence-corrected chi connectivity index (χ0v) is 11.8. The van der Waals surface area contributed by atoms with Gasteiger partial charge in [-0.3, -0.25) is 5.41 Å². The highest BCUT2D eigenvalue weighted by Crippen LogP contribution is 2.27. The first-order valence-corrected chi connectivity index (χ1v) is 6.93. The fourth-order valence-electron chi connectivity index (χ4n) is 1.74. The van der Waals surface area contributed by atoms with Crippen LogP contribution in [0.15, 0.2) is 5.03 Å². The second kappa shape index (κ2) is 6.70. The van der Waals surface area contributed by atoms with E-state index in [1.807, 2.05) is 20.8 Å². The molecular formula is C12H20N4OS. The molecule has 1 aromatic heterocycles. The van der Waals surface area contributed by atoms with E-state index in [0.717, 1.165) is 24.1 Å². The molecule has 1 heterocycles. The number of aliphatic hydroxyl groups excluding tert-OH is 1. The van der Waals surface area contributed by atoms with Gasteiger partial charge in [0.1, 0.15) is 10.9 Å². The standard InChI is InChI=1S/C12H20N4OS/c1-4-8-9(5-2)15-16-12(10(8)11(13)14)18-7(3)6-17/h7,17H,4-6H2,1-3H3,(H3,13,14). The van der Waals surface area contributed by atoms with E-state index >= 15 is 0 Å². The number of hydrogen-bond donors (Lipinski definition) is 3. The van der Waals surface area contributed by atoms with Crippen molar-refractivity contribution in [3.05, 3.63) is 16.8 Å². The Hall–Kier alpha value is -1.14. The third-order valence-corrected chi connectivity index (χ3v) is 3.71. The van der Waals surface area contributed by atoms with Crippen LogP contribution in [0.1, 0.15) is 37.6 Å². The molecule has 0 fully saturated rings. The summed E-state index contributed by atoms with van der Waals surface area (Å²) in [5, 5.41) is 25.8. The minimum Gasteiger partial charge on any atom is -0.395 e. The molecule has 0 saturated heterocycles. The highest BCUT2D eigenvalue weighted by molar-refractivity contribution is 7.99. The lowest BCUT2D eigenvalue weighted by Gasteiger charge is -2.15. The summed E-state index contributed by atoms with van der Waals surface area (Å²) in [4.78, 5) is 0. The molecule has 0 bridgehead atoms. The molecule has 0 aliphatic rings. The number of aromatic nitrogens is 2. The van der Waals surface area contributed by atoms with Gasteiger partial charge in [-0.1, -0.05) is 32.5 Å². The van der Waals surface area contributed by atoms with Crippen LogP contribution >= 0.6 is 11.8 Å².